The summed E-state index contributed by atoms with van der Waals surface area (Å²) in [7, 11) is 4.30. The Morgan fingerprint density at radius 3 is 2.36 bits per heavy atom. The Hall–Kier alpha value is -0.860. The van der Waals surface area contributed by atoms with Crippen LogP contribution in [-0.4, -0.2) is 37.7 Å². The van der Waals surface area contributed by atoms with E-state index in [2.05, 4.69) is 77.0 Å². The lowest BCUT2D eigenvalue weighted by molar-refractivity contribution is -0.146. The molecule has 1 aromatic rings. The van der Waals surface area contributed by atoms with E-state index in [4.69, 9.17) is 4.74 Å². The highest BCUT2D eigenvalue weighted by Gasteiger charge is 2.69. The molecule has 2 saturated carbocycles. The first-order chi connectivity index (χ1) is 11.7. The maximum absolute atomic E-state index is 6.90. The fraction of sp³-hybridized carbons (Fsp3) is 0.739. The smallest absolute Gasteiger partial charge is 0.0784 e. The van der Waals surface area contributed by atoms with Crippen molar-refractivity contribution in [3.63, 3.8) is 0 Å². The average Bonchev–Trinajstić information content (AvgIpc) is 2.86. The minimum Gasteiger partial charge on any atom is -0.374 e. The summed E-state index contributed by atoms with van der Waals surface area (Å²) in [5.74, 6) is 1.36. The van der Waals surface area contributed by atoms with Gasteiger partial charge in [0, 0.05) is 18.4 Å². The summed E-state index contributed by atoms with van der Waals surface area (Å²) < 4.78 is 6.90. The van der Waals surface area contributed by atoms with Gasteiger partial charge in [-0.3, -0.25) is 0 Å². The predicted molar refractivity (Wildman–Crippen MR) is 106 cm³/mol. The number of benzene rings is 1. The molecule has 2 bridgehead atoms. The van der Waals surface area contributed by atoms with E-state index >= 15 is 0 Å². The summed E-state index contributed by atoms with van der Waals surface area (Å²) in [6, 6.07) is 11.0. The van der Waals surface area contributed by atoms with E-state index in [0.717, 1.165) is 25.5 Å². The Balaban J connectivity index is 1.85. The van der Waals surface area contributed by atoms with Gasteiger partial charge in [0.1, 0.15) is 0 Å². The fourth-order valence-electron chi connectivity index (χ4n) is 5.83. The molecule has 0 amide bonds. The lowest BCUT2D eigenvalue weighted by Crippen LogP contribution is -2.51. The molecule has 2 aliphatic rings. The topological polar surface area (TPSA) is 12.5 Å². The molecule has 0 spiro atoms. The molecular weight excluding hydrogens is 306 g/mol. The lowest BCUT2D eigenvalue weighted by Gasteiger charge is -2.49. The molecule has 0 saturated heterocycles. The van der Waals surface area contributed by atoms with Crippen LogP contribution in [0.4, 0.5) is 0 Å². The zero-order valence-corrected chi connectivity index (χ0v) is 17.1. The average molecular weight is 344 g/mol. The van der Waals surface area contributed by atoms with Crippen molar-refractivity contribution in [1.29, 1.82) is 0 Å². The summed E-state index contributed by atoms with van der Waals surface area (Å²) in [5, 5.41) is 0. The number of rotatable bonds is 7. The summed E-state index contributed by atoms with van der Waals surface area (Å²) in [5.41, 5.74) is 2.04. The predicted octanol–water partition coefficient (Wildman–Crippen LogP) is 5.03. The second-order valence-corrected chi connectivity index (χ2v) is 9.83. The first-order valence-electron chi connectivity index (χ1n) is 10.0. The SMILES string of the molecule is CC(CO[C@]1(Cc2ccccc2)C[C@H]2CC[C@]1(C)C2(C)C)CN(C)C. The molecule has 25 heavy (non-hydrogen) atoms. The van der Waals surface area contributed by atoms with Gasteiger partial charge < -0.3 is 9.64 Å². The highest BCUT2D eigenvalue weighted by Crippen LogP contribution is 2.71. The van der Waals surface area contributed by atoms with Gasteiger partial charge in [-0.25, -0.2) is 0 Å². The fourth-order valence-corrected chi connectivity index (χ4v) is 5.83. The van der Waals surface area contributed by atoms with Crippen LogP contribution in [0.15, 0.2) is 30.3 Å². The van der Waals surface area contributed by atoms with Crippen molar-refractivity contribution in [2.75, 3.05) is 27.2 Å². The second kappa shape index (κ2) is 6.70. The second-order valence-electron chi connectivity index (χ2n) is 9.83. The molecule has 4 atom stereocenters. The highest BCUT2D eigenvalue weighted by atomic mass is 16.5. The third-order valence-electron chi connectivity index (χ3n) is 7.67. The molecule has 2 nitrogen and oxygen atoms in total. The molecule has 0 radical (unpaired) electrons. The minimum atomic E-state index is -0.0126. The molecule has 0 N–H and O–H groups in total. The quantitative estimate of drug-likeness (QED) is 0.688. The van der Waals surface area contributed by atoms with E-state index in [-0.39, 0.29) is 11.0 Å². The molecule has 0 heterocycles. The molecule has 2 heteroatoms. The van der Waals surface area contributed by atoms with Crippen LogP contribution in [0.1, 0.15) is 52.5 Å². The van der Waals surface area contributed by atoms with Gasteiger partial charge in [0.05, 0.1) is 12.2 Å². The van der Waals surface area contributed by atoms with Gasteiger partial charge in [-0.15, -0.1) is 0 Å². The van der Waals surface area contributed by atoms with Gasteiger partial charge in [0.25, 0.3) is 0 Å². The van der Waals surface area contributed by atoms with E-state index in [0.29, 0.717) is 11.3 Å². The maximum Gasteiger partial charge on any atom is 0.0784 e. The van der Waals surface area contributed by atoms with Crippen molar-refractivity contribution in [2.24, 2.45) is 22.7 Å². The van der Waals surface area contributed by atoms with Crippen molar-refractivity contribution in [1.82, 2.24) is 4.90 Å². The molecule has 3 rings (SSSR count). The molecule has 2 fully saturated rings. The third kappa shape index (κ3) is 3.17. The first-order valence-corrected chi connectivity index (χ1v) is 10.0. The molecule has 2 aliphatic carbocycles. The number of ether oxygens (including phenoxy) is 1. The van der Waals surface area contributed by atoms with Crippen LogP contribution >= 0.6 is 0 Å². The largest absolute Gasteiger partial charge is 0.374 e. The Kier molecular flexibility index (Phi) is 5.07. The van der Waals surface area contributed by atoms with Gasteiger partial charge >= 0.3 is 0 Å². The van der Waals surface area contributed by atoms with Gasteiger partial charge in [-0.2, -0.15) is 0 Å². The van der Waals surface area contributed by atoms with Gasteiger partial charge in [0.15, 0.2) is 0 Å². The zero-order chi connectivity index (χ0) is 18.3. The molecule has 0 aromatic heterocycles. The molecule has 140 valence electrons. The lowest BCUT2D eigenvalue weighted by atomic mass is 9.62. The van der Waals surface area contributed by atoms with Crippen LogP contribution in [0.2, 0.25) is 0 Å². The minimum absolute atomic E-state index is 0.0126. The van der Waals surface area contributed by atoms with Crippen LogP contribution in [-0.2, 0) is 11.2 Å². The Labute approximate surface area is 154 Å². The van der Waals surface area contributed by atoms with Gasteiger partial charge in [0.2, 0.25) is 0 Å². The molecule has 1 aromatic carbocycles. The van der Waals surface area contributed by atoms with Crippen LogP contribution < -0.4 is 0 Å². The molecule has 0 aliphatic heterocycles. The molecule has 1 unspecified atom stereocenters. The zero-order valence-electron chi connectivity index (χ0n) is 17.1. The van der Waals surface area contributed by atoms with E-state index in [9.17, 15) is 0 Å². The number of hydrogen-bond donors (Lipinski definition) is 0. The first kappa shape index (κ1) is 18.9. The summed E-state index contributed by atoms with van der Waals surface area (Å²) in [6.45, 7) is 11.8. The third-order valence-corrected chi connectivity index (χ3v) is 7.67. The molecular formula is C23H37NO. The van der Waals surface area contributed by atoms with E-state index in [1.54, 1.807) is 0 Å². The summed E-state index contributed by atoms with van der Waals surface area (Å²) in [4.78, 5) is 2.27. The van der Waals surface area contributed by atoms with Crippen LogP contribution in [0.3, 0.4) is 0 Å². The maximum atomic E-state index is 6.90. The van der Waals surface area contributed by atoms with Gasteiger partial charge in [-0.1, -0.05) is 58.0 Å². The number of fused-ring (bicyclic) bond motifs is 2. The van der Waals surface area contributed by atoms with Crippen LogP contribution in [0.25, 0.3) is 0 Å². The Morgan fingerprint density at radius 1 is 1.16 bits per heavy atom. The van der Waals surface area contributed by atoms with Crippen molar-refractivity contribution in [2.45, 2.75) is 59.0 Å². The summed E-state index contributed by atoms with van der Waals surface area (Å²) >= 11 is 0. The van der Waals surface area contributed by atoms with Crippen molar-refractivity contribution < 1.29 is 4.74 Å². The number of nitrogens with zero attached hydrogens (tertiary/aromatic N) is 1. The Bertz CT molecular complexity index is 581. The van der Waals surface area contributed by atoms with E-state index < -0.39 is 0 Å². The standard InChI is InChI=1S/C23H37NO/c1-18(16-24(5)6)17-25-23(14-19-10-8-7-9-11-19)15-20-12-13-22(23,4)21(20,2)3/h7-11,18,20H,12-17H2,1-6H3/t18?,20-,22-,23-/m1/s1. The van der Waals surface area contributed by atoms with E-state index in [1.807, 2.05) is 0 Å². The highest BCUT2D eigenvalue weighted by molar-refractivity contribution is 5.25. The Morgan fingerprint density at radius 2 is 1.84 bits per heavy atom. The van der Waals surface area contributed by atoms with Crippen LogP contribution in [0, 0.1) is 22.7 Å². The number of hydrogen-bond acceptors (Lipinski definition) is 2. The van der Waals surface area contributed by atoms with Crippen LogP contribution in [0.5, 0.6) is 0 Å². The van der Waals surface area contributed by atoms with Gasteiger partial charge in [-0.05, 0) is 56.2 Å². The van der Waals surface area contributed by atoms with Crippen molar-refractivity contribution >= 4 is 0 Å². The monoisotopic (exact) mass is 343 g/mol. The van der Waals surface area contributed by atoms with Crippen molar-refractivity contribution in [3.05, 3.63) is 35.9 Å². The normalized spacial score (nSPS) is 34.6. The van der Waals surface area contributed by atoms with E-state index in [1.165, 1.54) is 24.8 Å². The summed E-state index contributed by atoms with van der Waals surface area (Å²) in [6.07, 6.45) is 4.95. The van der Waals surface area contributed by atoms with Crippen molar-refractivity contribution in [3.8, 4) is 0 Å².